The fourth-order valence-corrected chi connectivity index (χ4v) is 1.79. The largest absolute Gasteiger partial charge is 0.385 e. The molecule has 0 rings (SSSR count). The number of nitrogens with two attached hydrogens (primary N) is 1. The zero-order valence-electron chi connectivity index (χ0n) is 11.0. The van der Waals surface area contributed by atoms with E-state index in [-0.39, 0.29) is 11.8 Å². The molecule has 0 aliphatic rings. The van der Waals surface area contributed by atoms with Crippen molar-refractivity contribution in [2.45, 2.75) is 58.4 Å². The van der Waals surface area contributed by atoms with Gasteiger partial charge in [-0.15, -0.1) is 0 Å². The summed E-state index contributed by atoms with van der Waals surface area (Å²) < 4.78 is 4.93. The molecule has 0 aliphatic carbocycles. The van der Waals surface area contributed by atoms with Crippen LogP contribution in [0.5, 0.6) is 0 Å². The number of carbonyl (C=O) groups is 1. The van der Waals surface area contributed by atoms with Crippen molar-refractivity contribution in [3.05, 3.63) is 0 Å². The minimum atomic E-state index is -0.337. The zero-order chi connectivity index (χ0) is 12.4. The van der Waals surface area contributed by atoms with Gasteiger partial charge in [0.25, 0.3) is 0 Å². The highest BCUT2D eigenvalue weighted by atomic mass is 16.5. The summed E-state index contributed by atoms with van der Waals surface area (Å²) in [6.45, 7) is 4.89. The number of hydrogen-bond donors (Lipinski definition) is 1. The number of hydrogen-bond acceptors (Lipinski definition) is 3. The van der Waals surface area contributed by atoms with E-state index in [0.29, 0.717) is 25.4 Å². The van der Waals surface area contributed by atoms with Gasteiger partial charge in [-0.1, -0.05) is 39.5 Å². The predicted octanol–water partition coefficient (Wildman–Crippen LogP) is 2.53. The van der Waals surface area contributed by atoms with Crippen molar-refractivity contribution in [3.8, 4) is 0 Å². The van der Waals surface area contributed by atoms with Crippen LogP contribution in [0.4, 0.5) is 0 Å². The Morgan fingerprint density at radius 1 is 1.31 bits per heavy atom. The molecule has 0 aromatic carbocycles. The fraction of sp³-hybridized carbons (Fsp3) is 0.923. The van der Waals surface area contributed by atoms with Crippen LogP contribution in [0.15, 0.2) is 0 Å². The van der Waals surface area contributed by atoms with E-state index in [2.05, 4.69) is 13.8 Å². The second-order valence-electron chi connectivity index (χ2n) is 4.47. The summed E-state index contributed by atoms with van der Waals surface area (Å²) in [7, 11) is 1.63. The predicted molar refractivity (Wildman–Crippen MR) is 67.4 cm³/mol. The Morgan fingerprint density at radius 2 is 2.00 bits per heavy atom. The van der Waals surface area contributed by atoms with E-state index in [9.17, 15) is 4.79 Å². The first-order chi connectivity index (χ1) is 7.65. The molecule has 2 atom stereocenters. The van der Waals surface area contributed by atoms with Crippen molar-refractivity contribution < 1.29 is 9.53 Å². The highest BCUT2D eigenvalue weighted by Crippen LogP contribution is 2.17. The molecule has 0 saturated carbocycles. The Hall–Kier alpha value is -0.410. The zero-order valence-corrected chi connectivity index (χ0v) is 11.0. The van der Waals surface area contributed by atoms with E-state index in [1.54, 1.807) is 7.11 Å². The lowest BCUT2D eigenvalue weighted by Crippen LogP contribution is -2.32. The average Bonchev–Trinajstić information content (AvgIpc) is 2.30. The highest BCUT2D eigenvalue weighted by Gasteiger charge is 2.17. The summed E-state index contributed by atoms with van der Waals surface area (Å²) >= 11 is 0. The Labute approximate surface area is 99.7 Å². The van der Waals surface area contributed by atoms with E-state index in [1.165, 1.54) is 12.8 Å². The first kappa shape index (κ1) is 15.6. The summed E-state index contributed by atoms with van der Waals surface area (Å²) in [6.07, 6.45) is 5.90. The molecule has 0 amide bonds. The summed E-state index contributed by atoms with van der Waals surface area (Å²) in [5.41, 5.74) is 5.81. The van der Waals surface area contributed by atoms with Gasteiger partial charge in [0.05, 0.1) is 6.04 Å². The van der Waals surface area contributed by atoms with Crippen molar-refractivity contribution >= 4 is 5.78 Å². The van der Waals surface area contributed by atoms with Gasteiger partial charge in [-0.2, -0.15) is 0 Å². The number of ketones is 1. The van der Waals surface area contributed by atoms with Gasteiger partial charge in [-0.3, -0.25) is 4.79 Å². The van der Waals surface area contributed by atoms with Crippen LogP contribution >= 0.6 is 0 Å². The van der Waals surface area contributed by atoms with E-state index < -0.39 is 0 Å². The van der Waals surface area contributed by atoms with Crippen molar-refractivity contribution in [1.82, 2.24) is 0 Å². The third-order valence-electron chi connectivity index (χ3n) is 3.08. The van der Waals surface area contributed by atoms with Crippen LogP contribution in [0.2, 0.25) is 0 Å². The summed E-state index contributed by atoms with van der Waals surface area (Å²) in [4.78, 5) is 11.8. The number of Topliss-reactive ketones (excluding diaryl/α,β-unsaturated/α-hetero) is 1. The van der Waals surface area contributed by atoms with Crippen LogP contribution in [0.25, 0.3) is 0 Å². The Morgan fingerprint density at radius 3 is 2.50 bits per heavy atom. The monoisotopic (exact) mass is 229 g/mol. The average molecular weight is 229 g/mol. The van der Waals surface area contributed by atoms with Crippen LogP contribution in [0, 0.1) is 5.92 Å². The van der Waals surface area contributed by atoms with E-state index >= 15 is 0 Å². The molecule has 2 N–H and O–H groups in total. The van der Waals surface area contributed by atoms with Gasteiger partial charge in [0.15, 0.2) is 0 Å². The van der Waals surface area contributed by atoms with Crippen LogP contribution in [0.1, 0.15) is 52.4 Å². The topological polar surface area (TPSA) is 52.3 Å². The molecule has 0 aliphatic heterocycles. The molecule has 2 unspecified atom stereocenters. The number of ether oxygens (including phenoxy) is 1. The molecular formula is C13H27NO2. The van der Waals surface area contributed by atoms with Crippen LogP contribution in [0.3, 0.4) is 0 Å². The maximum atomic E-state index is 11.8. The van der Waals surface area contributed by atoms with E-state index in [1.807, 2.05) is 0 Å². The molecule has 3 nitrogen and oxygen atoms in total. The lowest BCUT2D eigenvalue weighted by molar-refractivity contribution is -0.121. The summed E-state index contributed by atoms with van der Waals surface area (Å²) in [5, 5.41) is 0. The molecule has 0 fully saturated rings. The van der Waals surface area contributed by atoms with Gasteiger partial charge >= 0.3 is 0 Å². The SMILES string of the molecule is CCCCC(CC)CC(=O)C(N)CCOC. The van der Waals surface area contributed by atoms with E-state index in [4.69, 9.17) is 10.5 Å². The molecule has 0 bridgehead atoms. The molecule has 0 spiro atoms. The van der Waals surface area contributed by atoms with Gasteiger partial charge in [-0.25, -0.2) is 0 Å². The molecule has 96 valence electrons. The number of rotatable bonds is 10. The number of carbonyl (C=O) groups excluding carboxylic acids is 1. The van der Waals surface area contributed by atoms with Crippen molar-refractivity contribution in [1.29, 1.82) is 0 Å². The third kappa shape index (κ3) is 6.96. The van der Waals surface area contributed by atoms with Crippen LogP contribution in [-0.4, -0.2) is 25.5 Å². The quantitative estimate of drug-likeness (QED) is 0.626. The first-order valence-electron chi connectivity index (χ1n) is 6.42. The van der Waals surface area contributed by atoms with Gasteiger partial charge in [0.1, 0.15) is 5.78 Å². The molecule has 0 saturated heterocycles. The van der Waals surface area contributed by atoms with Crippen LogP contribution < -0.4 is 5.73 Å². The molecule has 3 heteroatoms. The Kier molecular flexibility index (Phi) is 9.54. The van der Waals surface area contributed by atoms with Crippen LogP contribution in [-0.2, 0) is 9.53 Å². The maximum Gasteiger partial charge on any atom is 0.149 e. The van der Waals surface area contributed by atoms with Crippen molar-refractivity contribution in [2.75, 3.05) is 13.7 Å². The third-order valence-corrected chi connectivity index (χ3v) is 3.08. The standard InChI is InChI=1S/C13H27NO2/c1-4-6-7-11(5-2)10-13(15)12(14)8-9-16-3/h11-12H,4-10,14H2,1-3H3. The molecule has 0 radical (unpaired) electrons. The Bertz CT molecular complexity index is 183. The number of methoxy groups -OCH3 is 1. The lowest BCUT2D eigenvalue weighted by atomic mass is 9.91. The molecule has 0 aromatic heterocycles. The van der Waals surface area contributed by atoms with Crippen molar-refractivity contribution in [3.63, 3.8) is 0 Å². The van der Waals surface area contributed by atoms with Crippen molar-refractivity contribution in [2.24, 2.45) is 11.7 Å². The van der Waals surface area contributed by atoms with Gasteiger partial charge in [0.2, 0.25) is 0 Å². The lowest BCUT2D eigenvalue weighted by Gasteiger charge is -2.16. The molecule has 16 heavy (non-hydrogen) atoms. The molecule has 0 heterocycles. The maximum absolute atomic E-state index is 11.8. The second-order valence-corrected chi connectivity index (χ2v) is 4.47. The normalized spacial score (nSPS) is 14.8. The molecule has 0 aromatic rings. The van der Waals surface area contributed by atoms with Gasteiger partial charge < -0.3 is 10.5 Å². The minimum Gasteiger partial charge on any atom is -0.385 e. The second kappa shape index (κ2) is 9.79. The highest BCUT2D eigenvalue weighted by molar-refractivity contribution is 5.83. The molecular weight excluding hydrogens is 202 g/mol. The summed E-state index contributed by atoms with van der Waals surface area (Å²) in [6, 6.07) is -0.337. The first-order valence-corrected chi connectivity index (χ1v) is 6.42. The minimum absolute atomic E-state index is 0.194. The van der Waals surface area contributed by atoms with Gasteiger partial charge in [-0.05, 0) is 12.3 Å². The van der Waals surface area contributed by atoms with E-state index in [0.717, 1.165) is 12.8 Å². The van der Waals surface area contributed by atoms with Gasteiger partial charge in [0, 0.05) is 20.1 Å². The number of unbranched alkanes of at least 4 members (excludes halogenated alkanes) is 1. The smallest absolute Gasteiger partial charge is 0.149 e. The Balaban J connectivity index is 3.88. The summed E-state index contributed by atoms with van der Waals surface area (Å²) in [5.74, 6) is 0.709. The fourth-order valence-electron chi connectivity index (χ4n) is 1.79.